The molecule has 32 heavy (non-hydrogen) atoms. The molecule has 2 aromatic rings. The number of hydrogen-bond donors (Lipinski definition) is 2. The number of hydrogen-bond acceptors (Lipinski definition) is 4. The summed E-state index contributed by atoms with van der Waals surface area (Å²) in [5.74, 6) is -2.72. The van der Waals surface area contributed by atoms with Crippen molar-refractivity contribution in [2.45, 2.75) is 63.6 Å². The summed E-state index contributed by atoms with van der Waals surface area (Å²) in [5, 5.41) is 6.07. The summed E-state index contributed by atoms with van der Waals surface area (Å²) in [5.41, 5.74) is 2.31. The van der Waals surface area contributed by atoms with Gasteiger partial charge in [0.25, 0.3) is 0 Å². The number of nitrogens with zero attached hydrogens (tertiary/aromatic N) is 3. The van der Waals surface area contributed by atoms with Crippen molar-refractivity contribution in [3.8, 4) is 0 Å². The second-order valence-electron chi connectivity index (χ2n) is 8.46. The Morgan fingerprint density at radius 1 is 1.31 bits per heavy atom. The van der Waals surface area contributed by atoms with E-state index < -0.39 is 17.8 Å². The highest BCUT2D eigenvalue weighted by Gasteiger charge is 2.35. The zero-order chi connectivity index (χ0) is 22.9. The van der Waals surface area contributed by atoms with Gasteiger partial charge < -0.3 is 15.5 Å². The smallest absolute Gasteiger partial charge is 0.318 e. The topological polar surface area (TPSA) is 70.2 Å². The van der Waals surface area contributed by atoms with E-state index >= 15 is 0 Å². The Morgan fingerprint density at radius 3 is 2.78 bits per heavy atom. The van der Waals surface area contributed by atoms with Crippen molar-refractivity contribution in [1.29, 1.82) is 0 Å². The number of nitrogens with one attached hydrogen (secondary N) is 2. The molecular weight excluding hydrogens is 443 g/mol. The van der Waals surface area contributed by atoms with Crippen molar-refractivity contribution in [2.75, 3.05) is 11.9 Å². The molecule has 1 unspecified atom stereocenters. The Labute approximate surface area is 189 Å². The maximum Gasteiger partial charge on any atom is 0.318 e. The van der Waals surface area contributed by atoms with Crippen LogP contribution < -0.4 is 10.6 Å². The molecule has 6 nitrogen and oxygen atoms in total. The molecule has 172 valence electrons. The molecule has 1 aromatic carbocycles. The van der Waals surface area contributed by atoms with Crippen molar-refractivity contribution < 1.29 is 18.0 Å². The number of benzene rings is 1. The highest BCUT2D eigenvalue weighted by atomic mass is 35.5. The van der Waals surface area contributed by atoms with Gasteiger partial charge >= 0.3 is 6.03 Å². The quantitative estimate of drug-likeness (QED) is 0.657. The highest BCUT2D eigenvalue weighted by molar-refractivity contribution is 6.30. The van der Waals surface area contributed by atoms with Crippen LogP contribution in [0.4, 0.5) is 23.9 Å². The molecule has 2 amide bonds. The van der Waals surface area contributed by atoms with Crippen LogP contribution in [0.1, 0.15) is 55.5 Å². The Hall–Kier alpha value is -2.55. The third-order valence-electron chi connectivity index (χ3n) is 6.07. The molecule has 1 aliphatic carbocycles. The fourth-order valence-electron chi connectivity index (χ4n) is 4.05. The van der Waals surface area contributed by atoms with Gasteiger partial charge in [0, 0.05) is 31.6 Å². The number of halogens is 4. The van der Waals surface area contributed by atoms with E-state index in [1.807, 2.05) is 0 Å². The molecule has 1 aromatic heterocycles. The lowest BCUT2D eigenvalue weighted by atomic mass is 9.92. The first kappa shape index (κ1) is 22.6. The number of carbonyl (C=O) groups is 1. The zero-order valence-corrected chi connectivity index (χ0v) is 18.4. The number of amides is 2. The van der Waals surface area contributed by atoms with Crippen LogP contribution in [-0.4, -0.2) is 39.4 Å². The largest absolute Gasteiger partial charge is 0.351 e. The number of urea groups is 1. The minimum absolute atomic E-state index is 0.0333. The molecule has 1 saturated carbocycles. The SMILES string of the molecule is CC(NC(=O)N1CCc2cnc(NC3CCC(F)(F)CC3)nc2C1)c1ccc(Cl)c(F)c1. The van der Waals surface area contributed by atoms with Crippen LogP contribution >= 0.6 is 11.6 Å². The van der Waals surface area contributed by atoms with Gasteiger partial charge in [-0.05, 0) is 49.4 Å². The molecule has 2 aliphatic rings. The molecule has 1 aliphatic heterocycles. The lowest BCUT2D eigenvalue weighted by Gasteiger charge is -2.31. The maximum atomic E-state index is 13.7. The molecule has 0 spiro atoms. The predicted octanol–water partition coefficient (Wildman–Crippen LogP) is 5.09. The van der Waals surface area contributed by atoms with Crippen LogP contribution in [0.3, 0.4) is 0 Å². The van der Waals surface area contributed by atoms with Gasteiger partial charge in [0.05, 0.1) is 23.3 Å². The van der Waals surface area contributed by atoms with Gasteiger partial charge in [-0.3, -0.25) is 0 Å². The van der Waals surface area contributed by atoms with Crippen LogP contribution in [0.15, 0.2) is 24.4 Å². The van der Waals surface area contributed by atoms with Gasteiger partial charge in [0.2, 0.25) is 11.9 Å². The van der Waals surface area contributed by atoms with E-state index in [0.717, 1.165) is 11.3 Å². The molecule has 0 saturated heterocycles. The number of carbonyl (C=O) groups excluding carboxylic acids is 1. The summed E-state index contributed by atoms with van der Waals surface area (Å²) >= 11 is 5.73. The summed E-state index contributed by atoms with van der Waals surface area (Å²) in [6.45, 7) is 2.59. The minimum Gasteiger partial charge on any atom is -0.351 e. The van der Waals surface area contributed by atoms with Gasteiger partial charge in [-0.15, -0.1) is 0 Å². The van der Waals surface area contributed by atoms with Crippen LogP contribution in [-0.2, 0) is 13.0 Å². The average molecular weight is 468 g/mol. The zero-order valence-electron chi connectivity index (χ0n) is 17.7. The summed E-state index contributed by atoms with van der Waals surface area (Å²) in [4.78, 5) is 23.3. The molecule has 0 bridgehead atoms. The highest BCUT2D eigenvalue weighted by Crippen LogP contribution is 2.34. The number of anilines is 1. The van der Waals surface area contributed by atoms with Crippen molar-refractivity contribution in [3.05, 3.63) is 52.1 Å². The molecule has 1 fully saturated rings. The average Bonchev–Trinajstić information content (AvgIpc) is 2.76. The fourth-order valence-corrected chi connectivity index (χ4v) is 4.17. The maximum absolute atomic E-state index is 13.7. The van der Waals surface area contributed by atoms with Crippen LogP contribution in [0.2, 0.25) is 5.02 Å². The van der Waals surface area contributed by atoms with Crippen LogP contribution in [0, 0.1) is 5.82 Å². The first-order valence-corrected chi connectivity index (χ1v) is 11.1. The molecule has 2 N–H and O–H groups in total. The van der Waals surface area contributed by atoms with Gasteiger partial charge in [-0.25, -0.2) is 27.9 Å². The molecular formula is C22H25ClF3N5O. The summed E-state index contributed by atoms with van der Waals surface area (Å²) in [6, 6.07) is 3.68. The normalized spacial score (nSPS) is 19.2. The van der Waals surface area contributed by atoms with E-state index in [2.05, 4.69) is 20.6 Å². The number of fused-ring (bicyclic) bond motifs is 1. The summed E-state index contributed by atoms with van der Waals surface area (Å²) < 4.78 is 40.5. The lowest BCUT2D eigenvalue weighted by molar-refractivity contribution is -0.0361. The Bertz CT molecular complexity index is 996. The van der Waals surface area contributed by atoms with E-state index in [1.54, 1.807) is 24.1 Å². The third kappa shape index (κ3) is 5.26. The Balaban J connectivity index is 1.37. The van der Waals surface area contributed by atoms with Gasteiger partial charge in [-0.2, -0.15) is 0 Å². The standard InChI is InChI=1S/C22H25ClF3N5O/c1-13(14-2-3-17(23)18(24)10-14)28-21(32)31-9-6-15-11-27-20(30-19(15)12-31)29-16-4-7-22(25,26)8-5-16/h2-3,10-11,13,16H,4-9,12H2,1H3,(H,28,32)(H,27,29,30). The Kier molecular flexibility index (Phi) is 6.46. The van der Waals surface area contributed by atoms with E-state index in [9.17, 15) is 18.0 Å². The second kappa shape index (κ2) is 9.13. The molecule has 4 rings (SSSR count). The third-order valence-corrected chi connectivity index (χ3v) is 6.37. The minimum atomic E-state index is -2.59. The van der Waals surface area contributed by atoms with Crippen LogP contribution in [0.25, 0.3) is 0 Å². The predicted molar refractivity (Wildman–Crippen MR) is 115 cm³/mol. The van der Waals surface area contributed by atoms with E-state index in [1.165, 1.54) is 12.1 Å². The van der Waals surface area contributed by atoms with Gasteiger partial charge in [-0.1, -0.05) is 17.7 Å². The monoisotopic (exact) mass is 467 g/mol. The Morgan fingerprint density at radius 2 is 2.06 bits per heavy atom. The molecule has 10 heteroatoms. The number of alkyl halides is 2. The van der Waals surface area contributed by atoms with Gasteiger partial charge in [0.1, 0.15) is 5.82 Å². The fraction of sp³-hybridized carbons (Fsp3) is 0.500. The van der Waals surface area contributed by atoms with Crippen molar-refractivity contribution in [1.82, 2.24) is 20.2 Å². The van der Waals surface area contributed by atoms with Crippen molar-refractivity contribution in [3.63, 3.8) is 0 Å². The molecule has 2 heterocycles. The second-order valence-corrected chi connectivity index (χ2v) is 8.86. The van der Waals surface area contributed by atoms with Crippen molar-refractivity contribution in [2.24, 2.45) is 0 Å². The molecule has 0 radical (unpaired) electrons. The van der Waals surface area contributed by atoms with Crippen molar-refractivity contribution >= 4 is 23.6 Å². The lowest BCUT2D eigenvalue weighted by Crippen LogP contribution is -2.44. The number of rotatable bonds is 4. The first-order valence-electron chi connectivity index (χ1n) is 10.7. The number of aromatic nitrogens is 2. The van der Waals surface area contributed by atoms with E-state index in [0.29, 0.717) is 43.9 Å². The van der Waals surface area contributed by atoms with Crippen LogP contribution in [0.5, 0.6) is 0 Å². The first-order chi connectivity index (χ1) is 15.2. The van der Waals surface area contributed by atoms with Gasteiger partial charge in [0.15, 0.2) is 0 Å². The molecule has 1 atom stereocenters. The summed E-state index contributed by atoms with van der Waals surface area (Å²) in [6.07, 6.45) is 2.80. The summed E-state index contributed by atoms with van der Waals surface area (Å²) in [7, 11) is 0. The van der Waals surface area contributed by atoms with E-state index in [-0.39, 0.29) is 29.9 Å². The van der Waals surface area contributed by atoms with E-state index in [4.69, 9.17) is 11.6 Å².